The summed E-state index contributed by atoms with van der Waals surface area (Å²) in [6, 6.07) is 0.720. The van der Waals surface area contributed by atoms with Gasteiger partial charge in [0.2, 0.25) is 10.0 Å². The van der Waals surface area contributed by atoms with Gasteiger partial charge >= 0.3 is 0 Å². The van der Waals surface area contributed by atoms with Crippen LogP contribution in [0, 0.1) is 5.92 Å². The zero-order chi connectivity index (χ0) is 12.3. The molecule has 100 valence electrons. The first kappa shape index (κ1) is 13.3. The van der Waals surface area contributed by atoms with Crippen LogP contribution < -0.4 is 5.14 Å². The van der Waals surface area contributed by atoms with Crippen LogP contribution in [-0.4, -0.2) is 38.2 Å². The van der Waals surface area contributed by atoms with Crippen LogP contribution in [0.25, 0.3) is 0 Å². The summed E-state index contributed by atoms with van der Waals surface area (Å²) in [6.45, 7) is 2.05. The molecule has 2 rings (SSSR count). The van der Waals surface area contributed by atoms with Crippen LogP contribution in [0.3, 0.4) is 0 Å². The van der Waals surface area contributed by atoms with E-state index in [2.05, 4.69) is 4.90 Å². The molecule has 4 nitrogen and oxygen atoms in total. The van der Waals surface area contributed by atoms with Gasteiger partial charge in [0.25, 0.3) is 0 Å². The highest BCUT2D eigenvalue weighted by Crippen LogP contribution is 2.35. The maximum atomic E-state index is 10.9. The molecule has 0 aromatic rings. The van der Waals surface area contributed by atoms with Gasteiger partial charge in [-0.25, -0.2) is 13.6 Å². The third kappa shape index (κ3) is 3.93. The van der Waals surface area contributed by atoms with E-state index >= 15 is 0 Å². The normalized spacial score (nSPS) is 27.9. The van der Waals surface area contributed by atoms with Gasteiger partial charge in [0.05, 0.1) is 5.75 Å². The van der Waals surface area contributed by atoms with E-state index in [9.17, 15) is 8.42 Å². The lowest BCUT2D eigenvalue weighted by atomic mass is 9.96. The highest BCUT2D eigenvalue weighted by molar-refractivity contribution is 7.89. The van der Waals surface area contributed by atoms with E-state index in [1.165, 1.54) is 38.5 Å². The van der Waals surface area contributed by atoms with Gasteiger partial charge in [0.1, 0.15) is 0 Å². The first-order valence-corrected chi connectivity index (χ1v) is 8.52. The standard InChI is InChI=1S/C12H24N2O2S/c13-17(15,16)10-4-9-14-8-3-7-12(14)11-5-1-2-6-11/h11-12H,1-10H2,(H2,13,15,16). The molecule has 1 aliphatic heterocycles. The van der Waals surface area contributed by atoms with E-state index in [1.807, 2.05) is 0 Å². The predicted octanol–water partition coefficient (Wildman–Crippen LogP) is 1.32. The number of likely N-dealkylation sites (tertiary alicyclic amines) is 1. The van der Waals surface area contributed by atoms with Crippen LogP contribution in [0.5, 0.6) is 0 Å². The minimum atomic E-state index is -3.28. The molecule has 5 heteroatoms. The summed E-state index contributed by atoms with van der Waals surface area (Å²) in [6.07, 6.45) is 8.77. The molecule has 0 aromatic heterocycles. The van der Waals surface area contributed by atoms with Crippen molar-refractivity contribution in [1.29, 1.82) is 0 Å². The van der Waals surface area contributed by atoms with Crippen LogP contribution in [0.2, 0.25) is 0 Å². The van der Waals surface area contributed by atoms with Crippen molar-refractivity contribution < 1.29 is 8.42 Å². The molecule has 0 amide bonds. The lowest BCUT2D eigenvalue weighted by Crippen LogP contribution is -2.36. The Morgan fingerprint density at radius 2 is 1.82 bits per heavy atom. The number of hydrogen-bond acceptors (Lipinski definition) is 3. The Balaban J connectivity index is 1.78. The fourth-order valence-electron chi connectivity index (χ4n) is 3.47. The highest BCUT2D eigenvalue weighted by Gasteiger charge is 2.32. The maximum Gasteiger partial charge on any atom is 0.209 e. The van der Waals surface area contributed by atoms with Crippen LogP contribution >= 0.6 is 0 Å². The van der Waals surface area contributed by atoms with Crippen molar-refractivity contribution in [3.63, 3.8) is 0 Å². The molecule has 1 saturated heterocycles. The molecule has 1 atom stereocenters. The monoisotopic (exact) mass is 260 g/mol. The second-order valence-corrected chi connectivity index (χ2v) is 7.24. The molecule has 0 spiro atoms. The SMILES string of the molecule is NS(=O)(=O)CCCN1CCCC1C1CCCC1. The fraction of sp³-hybridized carbons (Fsp3) is 1.00. The van der Waals surface area contributed by atoms with Crippen LogP contribution in [0.15, 0.2) is 0 Å². The number of nitrogens with zero attached hydrogens (tertiary/aromatic N) is 1. The summed E-state index contributed by atoms with van der Waals surface area (Å²) in [7, 11) is -3.28. The fourth-order valence-corrected chi connectivity index (χ4v) is 4.01. The van der Waals surface area contributed by atoms with Crippen molar-refractivity contribution in [3.05, 3.63) is 0 Å². The van der Waals surface area contributed by atoms with Gasteiger partial charge in [-0.15, -0.1) is 0 Å². The van der Waals surface area contributed by atoms with Crippen LogP contribution in [0.4, 0.5) is 0 Å². The first-order chi connectivity index (χ1) is 8.06. The molecule has 1 saturated carbocycles. The lowest BCUT2D eigenvalue weighted by Gasteiger charge is -2.29. The Morgan fingerprint density at radius 3 is 2.47 bits per heavy atom. The molecule has 0 radical (unpaired) electrons. The van der Waals surface area contributed by atoms with Gasteiger partial charge in [0.15, 0.2) is 0 Å². The third-order valence-corrected chi connectivity index (χ3v) is 5.09. The molecule has 0 bridgehead atoms. The smallest absolute Gasteiger partial charge is 0.209 e. The van der Waals surface area contributed by atoms with E-state index in [0.717, 1.165) is 25.0 Å². The van der Waals surface area contributed by atoms with Gasteiger partial charge in [-0.1, -0.05) is 12.8 Å². The van der Waals surface area contributed by atoms with E-state index in [4.69, 9.17) is 5.14 Å². The van der Waals surface area contributed by atoms with Crippen LogP contribution in [-0.2, 0) is 10.0 Å². The van der Waals surface area contributed by atoms with Gasteiger partial charge < -0.3 is 4.90 Å². The van der Waals surface area contributed by atoms with Gasteiger partial charge in [-0.3, -0.25) is 0 Å². The van der Waals surface area contributed by atoms with Crippen molar-refractivity contribution in [2.24, 2.45) is 11.1 Å². The van der Waals surface area contributed by atoms with Crippen molar-refractivity contribution in [2.45, 2.75) is 51.0 Å². The molecule has 17 heavy (non-hydrogen) atoms. The van der Waals surface area contributed by atoms with Crippen LogP contribution in [0.1, 0.15) is 44.9 Å². The molecule has 1 heterocycles. The molecule has 2 N–H and O–H groups in total. The zero-order valence-electron chi connectivity index (χ0n) is 10.5. The number of rotatable bonds is 5. The van der Waals surface area contributed by atoms with Gasteiger partial charge in [-0.05, 0) is 51.1 Å². The average Bonchev–Trinajstić information content (AvgIpc) is 2.82. The second-order valence-electron chi connectivity index (χ2n) is 5.51. The Hall–Kier alpha value is -0.130. The van der Waals surface area contributed by atoms with Crippen molar-refractivity contribution in [2.75, 3.05) is 18.8 Å². The Labute approximate surface area is 105 Å². The van der Waals surface area contributed by atoms with Crippen molar-refractivity contribution in [3.8, 4) is 0 Å². The Kier molecular flexibility index (Phi) is 4.44. The van der Waals surface area contributed by atoms with E-state index < -0.39 is 10.0 Å². The summed E-state index contributed by atoms with van der Waals surface area (Å²) in [5.74, 6) is 0.993. The topological polar surface area (TPSA) is 63.4 Å². The molecule has 1 unspecified atom stereocenters. The molecule has 0 aromatic carbocycles. The van der Waals surface area contributed by atoms with Gasteiger partial charge in [0, 0.05) is 6.04 Å². The van der Waals surface area contributed by atoms with Gasteiger partial charge in [-0.2, -0.15) is 0 Å². The number of nitrogens with two attached hydrogens (primary N) is 1. The maximum absolute atomic E-state index is 10.9. The average molecular weight is 260 g/mol. The Bertz CT molecular complexity index is 336. The molecule has 2 fully saturated rings. The summed E-state index contributed by atoms with van der Waals surface area (Å²) < 4.78 is 21.8. The first-order valence-electron chi connectivity index (χ1n) is 6.81. The predicted molar refractivity (Wildman–Crippen MR) is 69.1 cm³/mol. The summed E-state index contributed by atoms with van der Waals surface area (Å²) >= 11 is 0. The number of hydrogen-bond donors (Lipinski definition) is 1. The highest BCUT2D eigenvalue weighted by atomic mass is 32.2. The third-order valence-electron chi connectivity index (χ3n) is 4.23. The van der Waals surface area contributed by atoms with E-state index in [1.54, 1.807) is 0 Å². The minimum absolute atomic E-state index is 0.126. The molecular formula is C12H24N2O2S. The van der Waals surface area contributed by atoms with E-state index in [0.29, 0.717) is 6.42 Å². The van der Waals surface area contributed by atoms with Crippen molar-refractivity contribution in [1.82, 2.24) is 4.90 Å². The number of sulfonamides is 1. The number of primary sulfonamides is 1. The molecule has 2 aliphatic rings. The molecule has 1 aliphatic carbocycles. The second kappa shape index (κ2) is 5.67. The summed E-state index contributed by atoms with van der Waals surface area (Å²) in [5.41, 5.74) is 0. The zero-order valence-corrected chi connectivity index (χ0v) is 11.3. The minimum Gasteiger partial charge on any atom is -0.300 e. The molecular weight excluding hydrogens is 236 g/mol. The quantitative estimate of drug-likeness (QED) is 0.811. The Morgan fingerprint density at radius 1 is 1.12 bits per heavy atom. The summed E-state index contributed by atoms with van der Waals surface area (Å²) in [4.78, 5) is 2.50. The largest absolute Gasteiger partial charge is 0.300 e. The lowest BCUT2D eigenvalue weighted by molar-refractivity contribution is 0.191. The van der Waals surface area contributed by atoms with Crippen molar-refractivity contribution >= 4 is 10.0 Å². The van der Waals surface area contributed by atoms with E-state index in [-0.39, 0.29) is 5.75 Å². The summed E-state index contributed by atoms with van der Waals surface area (Å²) in [5, 5.41) is 5.03.